The number of hydrogen-bond acceptors (Lipinski definition) is 0. The van der Waals surface area contributed by atoms with Crippen molar-refractivity contribution in [3.63, 3.8) is 0 Å². The van der Waals surface area contributed by atoms with Gasteiger partial charge in [-0.2, -0.15) is 11.6 Å². The second kappa shape index (κ2) is 6.28. The maximum atomic E-state index is 7.06. The van der Waals surface area contributed by atoms with E-state index >= 15 is 0 Å². The Morgan fingerprint density at radius 3 is 1.04 bits per heavy atom. The van der Waals surface area contributed by atoms with Crippen LogP contribution in [0.25, 0.3) is 0 Å². The zero-order chi connectivity index (χ0) is 17.2. The molecule has 0 amide bonds. The molecule has 0 bridgehead atoms. The molecule has 0 fully saturated rings. The first-order chi connectivity index (χ1) is 9.86. The molecule has 0 aromatic rings. The Balaban J connectivity index is 0.00000264. The molecule has 0 spiro atoms. The van der Waals surface area contributed by atoms with Crippen LogP contribution in [0.4, 0.5) is 0 Å². The minimum absolute atomic E-state index is 0. The van der Waals surface area contributed by atoms with Gasteiger partial charge in [0, 0.05) is 21.7 Å². The Hall–Kier alpha value is -0.166. The summed E-state index contributed by atoms with van der Waals surface area (Å²) in [6.45, 7) is 22.6. The molecule has 0 N–H and O–H groups in total. The minimum atomic E-state index is 0. The summed E-state index contributed by atoms with van der Waals surface area (Å²) in [5, 5.41) is 0.970. The predicted octanol–water partition coefficient (Wildman–Crippen LogP) is 7.14. The fraction of sp³-hybridized carbons (Fsp3) is 0.571. The Labute approximate surface area is 163 Å². The van der Waals surface area contributed by atoms with Gasteiger partial charge in [0.1, 0.15) is 0 Å². The third-order valence-corrected chi connectivity index (χ3v) is 6.94. The molecule has 0 heterocycles. The van der Waals surface area contributed by atoms with Crippen LogP contribution in [0.15, 0.2) is 44.6 Å². The van der Waals surface area contributed by atoms with Crippen molar-refractivity contribution >= 4 is 11.6 Å². The van der Waals surface area contributed by atoms with Crippen molar-refractivity contribution in [3.05, 3.63) is 50.0 Å². The molecule has 0 saturated heterocycles. The molecule has 0 aromatic carbocycles. The van der Waals surface area contributed by atoms with Gasteiger partial charge in [-0.25, -0.2) is 0 Å². The SMILES string of the molecule is CC1=C(C)C(C)(C)C([C-](Cl)C2=C(C)C(C)=C(C)C2(C)C)=C1C.[Ti]. The second-order valence-corrected chi connectivity index (χ2v) is 8.44. The van der Waals surface area contributed by atoms with E-state index in [9.17, 15) is 0 Å². The van der Waals surface area contributed by atoms with Crippen molar-refractivity contribution in [2.75, 3.05) is 0 Å². The molecular formula is C21H30ClTi-. The van der Waals surface area contributed by atoms with E-state index in [1.165, 1.54) is 44.6 Å². The smallest absolute Gasteiger partial charge is 0 e. The average Bonchev–Trinajstić information content (AvgIpc) is 2.66. The Morgan fingerprint density at radius 2 is 0.870 bits per heavy atom. The molecule has 0 atom stereocenters. The van der Waals surface area contributed by atoms with Crippen molar-refractivity contribution in [1.82, 2.24) is 0 Å². The molecule has 2 aliphatic carbocycles. The van der Waals surface area contributed by atoms with E-state index in [0.29, 0.717) is 0 Å². The van der Waals surface area contributed by atoms with Crippen LogP contribution < -0.4 is 0 Å². The van der Waals surface area contributed by atoms with Gasteiger partial charge in [-0.05, 0) is 24.7 Å². The van der Waals surface area contributed by atoms with Gasteiger partial charge in [0.15, 0.2) is 0 Å². The number of halogens is 1. The van der Waals surface area contributed by atoms with Gasteiger partial charge in [0.05, 0.1) is 0 Å². The summed E-state index contributed by atoms with van der Waals surface area (Å²) in [5.41, 5.74) is 11.0. The van der Waals surface area contributed by atoms with Gasteiger partial charge in [0.25, 0.3) is 0 Å². The zero-order valence-corrected chi connectivity index (χ0v) is 18.7. The molecule has 2 aliphatic rings. The summed E-state index contributed by atoms with van der Waals surface area (Å²) >= 11 is 7.06. The predicted molar refractivity (Wildman–Crippen MR) is 98.8 cm³/mol. The van der Waals surface area contributed by atoms with Gasteiger partial charge in [0.2, 0.25) is 0 Å². The maximum absolute atomic E-state index is 7.06. The molecular weight excluding hydrogens is 336 g/mol. The standard InChI is InChI=1S/C21H30Cl.Ti/c1-11-13(3)17(20(7,8)15(11)5)19(22)18-14(4)12(2)16(6)21(18,9)10;/h1-10H3;/q-1;. The normalized spacial score (nSPS) is 23.1. The number of rotatable bonds is 2. The molecule has 0 radical (unpaired) electrons. The van der Waals surface area contributed by atoms with Crippen molar-refractivity contribution in [2.45, 2.75) is 69.2 Å². The first kappa shape index (κ1) is 20.9. The summed E-state index contributed by atoms with van der Waals surface area (Å²) in [4.78, 5) is 0. The van der Waals surface area contributed by atoms with Gasteiger partial charge in [-0.15, -0.1) is 33.4 Å². The number of allylic oxidation sites excluding steroid dienone is 8. The minimum Gasteiger partial charge on any atom is -0.166 e. The largest absolute Gasteiger partial charge is 0.166 e. The van der Waals surface area contributed by atoms with Gasteiger partial charge in [-0.1, -0.05) is 71.9 Å². The molecule has 0 saturated carbocycles. The van der Waals surface area contributed by atoms with Crippen LogP contribution in [0, 0.1) is 16.2 Å². The Kier molecular flexibility index (Phi) is 5.70. The molecule has 2 rings (SSSR count). The number of hydrogen-bond donors (Lipinski definition) is 0. The molecule has 2 heteroatoms. The Bertz CT molecular complexity index is 608. The quantitative estimate of drug-likeness (QED) is 0.360. The summed E-state index contributed by atoms with van der Waals surface area (Å²) in [6.07, 6.45) is 0. The van der Waals surface area contributed by atoms with Crippen molar-refractivity contribution < 1.29 is 21.7 Å². The van der Waals surface area contributed by atoms with E-state index in [2.05, 4.69) is 69.2 Å². The van der Waals surface area contributed by atoms with Crippen LogP contribution in [0.1, 0.15) is 69.2 Å². The van der Waals surface area contributed by atoms with E-state index in [1.54, 1.807) is 0 Å². The van der Waals surface area contributed by atoms with Crippen LogP contribution >= 0.6 is 11.6 Å². The van der Waals surface area contributed by atoms with Gasteiger partial charge >= 0.3 is 0 Å². The van der Waals surface area contributed by atoms with Crippen molar-refractivity contribution in [2.24, 2.45) is 10.8 Å². The Morgan fingerprint density at radius 1 is 0.609 bits per heavy atom. The third kappa shape index (κ3) is 2.76. The topological polar surface area (TPSA) is 0 Å². The van der Waals surface area contributed by atoms with Crippen LogP contribution in [0.5, 0.6) is 0 Å². The molecule has 0 aromatic heterocycles. The van der Waals surface area contributed by atoms with Crippen LogP contribution in [-0.4, -0.2) is 0 Å². The van der Waals surface area contributed by atoms with Crippen LogP contribution in [0.2, 0.25) is 0 Å². The van der Waals surface area contributed by atoms with Crippen molar-refractivity contribution in [1.29, 1.82) is 0 Å². The maximum Gasteiger partial charge on any atom is 0 e. The average molecular weight is 366 g/mol. The summed E-state index contributed by atoms with van der Waals surface area (Å²) < 4.78 is 0. The van der Waals surface area contributed by atoms with Crippen molar-refractivity contribution in [3.8, 4) is 0 Å². The van der Waals surface area contributed by atoms with E-state index in [1.807, 2.05) is 0 Å². The summed E-state index contributed by atoms with van der Waals surface area (Å²) in [6, 6.07) is 0. The molecule has 126 valence electrons. The molecule has 0 unspecified atom stereocenters. The third-order valence-electron chi connectivity index (χ3n) is 6.56. The second-order valence-electron chi connectivity index (χ2n) is 8.06. The summed E-state index contributed by atoms with van der Waals surface area (Å²) in [7, 11) is 0. The monoisotopic (exact) mass is 365 g/mol. The van der Waals surface area contributed by atoms with Crippen LogP contribution in [0.3, 0.4) is 0 Å². The van der Waals surface area contributed by atoms with Gasteiger partial charge < -0.3 is 0 Å². The van der Waals surface area contributed by atoms with E-state index in [-0.39, 0.29) is 32.5 Å². The summed E-state index contributed by atoms with van der Waals surface area (Å²) in [5.74, 6) is 0. The molecule has 0 aliphatic heterocycles. The fourth-order valence-corrected chi connectivity index (χ4v) is 4.95. The first-order valence-electron chi connectivity index (χ1n) is 8.19. The van der Waals surface area contributed by atoms with E-state index in [4.69, 9.17) is 11.6 Å². The molecule has 23 heavy (non-hydrogen) atoms. The van der Waals surface area contributed by atoms with Gasteiger partial charge in [-0.3, -0.25) is 0 Å². The van der Waals surface area contributed by atoms with E-state index < -0.39 is 0 Å². The van der Waals surface area contributed by atoms with Crippen LogP contribution in [-0.2, 0) is 21.7 Å². The molecule has 0 nitrogen and oxygen atoms in total. The van der Waals surface area contributed by atoms with E-state index in [0.717, 1.165) is 5.38 Å². The first-order valence-corrected chi connectivity index (χ1v) is 8.57. The fourth-order valence-electron chi connectivity index (χ4n) is 4.19. The zero-order valence-electron chi connectivity index (χ0n) is 16.4.